The monoisotopic (exact) mass is 375 g/mol. The molecular formula is C19H21NO3S2. The number of carbonyl (C=O) groups excluding carboxylic acids is 1. The second-order valence-electron chi connectivity index (χ2n) is 6.39. The Morgan fingerprint density at radius 3 is 2.56 bits per heavy atom. The standard InChI is InChI=1S/C19H21NO3S2/c1-13-4-6-17(10-14(13)2)24-12-19(21)16-5-7-18-15(11-16)8-9-20(18)25(3,22)23/h4-7,10-11H,8-9,12H2,1-3H3. The minimum atomic E-state index is -3.26. The Labute approximate surface area is 153 Å². The molecule has 0 unspecified atom stereocenters. The van der Waals surface area contributed by atoms with E-state index in [0.717, 1.165) is 10.5 Å². The highest BCUT2D eigenvalue weighted by Gasteiger charge is 2.26. The molecule has 0 saturated heterocycles. The fourth-order valence-corrected chi connectivity index (χ4v) is 4.77. The van der Waals surface area contributed by atoms with Gasteiger partial charge in [-0.2, -0.15) is 0 Å². The number of sulfonamides is 1. The van der Waals surface area contributed by atoms with Gasteiger partial charge in [0, 0.05) is 17.0 Å². The average Bonchev–Trinajstić information content (AvgIpc) is 2.99. The van der Waals surface area contributed by atoms with Crippen LogP contribution in [-0.2, 0) is 16.4 Å². The molecule has 1 aliphatic rings. The fraction of sp³-hybridized carbons (Fsp3) is 0.316. The zero-order valence-corrected chi connectivity index (χ0v) is 16.2. The van der Waals surface area contributed by atoms with Crippen molar-refractivity contribution in [2.75, 3.05) is 22.9 Å². The van der Waals surface area contributed by atoms with Crippen molar-refractivity contribution >= 4 is 33.3 Å². The molecular weight excluding hydrogens is 354 g/mol. The van der Waals surface area contributed by atoms with Crippen LogP contribution in [0.15, 0.2) is 41.3 Å². The van der Waals surface area contributed by atoms with Crippen molar-refractivity contribution in [1.82, 2.24) is 0 Å². The number of hydrogen-bond donors (Lipinski definition) is 0. The molecule has 25 heavy (non-hydrogen) atoms. The second kappa shape index (κ2) is 6.84. The van der Waals surface area contributed by atoms with Crippen molar-refractivity contribution in [2.45, 2.75) is 25.2 Å². The summed E-state index contributed by atoms with van der Waals surface area (Å²) < 4.78 is 25.0. The lowest BCUT2D eigenvalue weighted by atomic mass is 10.1. The Bertz CT molecular complexity index is 936. The summed E-state index contributed by atoms with van der Waals surface area (Å²) in [6, 6.07) is 11.5. The SMILES string of the molecule is Cc1ccc(SCC(=O)c2ccc3c(c2)CCN3S(C)(=O)=O)cc1C. The molecule has 6 heteroatoms. The van der Waals surface area contributed by atoms with Crippen LogP contribution in [0.25, 0.3) is 0 Å². The molecule has 2 aromatic rings. The normalized spacial score (nSPS) is 13.8. The van der Waals surface area contributed by atoms with E-state index in [9.17, 15) is 13.2 Å². The summed E-state index contributed by atoms with van der Waals surface area (Å²) in [6.07, 6.45) is 1.86. The number of aryl methyl sites for hydroxylation is 2. The van der Waals surface area contributed by atoms with Gasteiger partial charge in [0.05, 0.1) is 17.7 Å². The maximum atomic E-state index is 12.5. The molecule has 0 fully saturated rings. The summed E-state index contributed by atoms with van der Waals surface area (Å²) in [7, 11) is -3.26. The number of carbonyl (C=O) groups is 1. The first kappa shape index (κ1) is 18.0. The molecule has 2 aromatic carbocycles. The maximum absolute atomic E-state index is 12.5. The number of benzene rings is 2. The van der Waals surface area contributed by atoms with Crippen LogP contribution < -0.4 is 4.31 Å². The third kappa shape index (κ3) is 3.90. The van der Waals surface area contributed by atoms with Crippen molar-refractivity contribution < 1.29 is 13.2 Å². The second-order valence-corrected chi connectivity index (χ2v) is 9.34. The zero-order valence-electron chi connectivity index (χ0n) is 14.6. The fourth-order valence-electron chi connectivity index (χ4n) is 2.93. The number of rotatable bonds is 5. The van der Waals surface area contributed by atoms with Crippen molar-refractivity contribution in [3.8, 4) is 0 Å². The molecule has 0 spiro atoms. The van der Waals surface area contributed by atoms with Gasteiger partial charge in [-0.1, -0.05) is 6.07 Å². The first-order valence-corrected chi connectivity index (χ1v) is 10.9. The Kier molecular flexibility index (Phi) is 4.93. The molecule has 0 bridgehead atoms. The molecule has 1 heterocycles. The Hall–Kier alpha value is -1.79. The molecule has 0 aromatic heterocycles. The number of anilines is 1. The van der Waals surface area contributed by atoms with E-state index in [1.807, 2.05) is 12.1 Å². The van der Waals surface area contributed by atoms with Gasteiger partial charge >= 0.3 is 0 Å². The number of fused-ring (bicyclic) bond motifs is 1. The number of nitrogens with zero attached hydrogens (tertiary/aromatic N) is 1. The van der Waals surface area contributed by atoms with E-state index in [2.05, 4.69) is 26.0 Å². The number of ketones is 1. The third-order valence-electron chi connectivity index (χ3n) is 4.50. The summed E-state index contributed by atoms with van der Waals surface area (Å²) in [5, 5.41) is 0. The van der Waals surface area contributed by atoms with Gasteiger partial charge in [-0.15, -0.1) is 11.8 Å². The lowest BCUT2D eigenvalue weighted by Gasteiger charge is -2.16. The summed E-state index contributed by atoms with van der Waals surface area (Å²) in [6.45, 7) is 4.58. The van der Waals surface area contributed by atoms with Gasteiger partial charge in [-0.05, 0) is 67.3 Å². The predicted molar refractivity (Wildman–Crippen MR) is 103 cm³/mol. The van der Waals surface area contributed by atoms with E-state index < -0.39 is 10.0 Å². The molecule has 0 aliphatic carbocycles. The number of thioether (sulfide) groups is 1. The van der Waals surface area contributed by atoms with Crippen LogP contribution in [0.5, 0.6) is 0 Å². The molecule has 4 nitrogen and oxygen atoms in total. The highest BCUT2D eigenvalue weighted by molar-refractivity contribution is 8.00. The molecule has 0 atom stereocenters. The van der Waals surface area contributed by atoms with Crippen LogP contribution in [-0.4, -0.2) is 32.8 Å². The smallest absolute Gasteiger partial charge is 0.232 e. The summed E-state index contributed by atoms with van der Waals surface area (Å²) in [4.78, 5) is 13.6. The van der Waals surface area contributed by atoms with Crippen LogP contribution >= 0.6 is 11.8 Å². The largest absolute Gasteiger partial charge is 0.293 e. The Morgan fingerprint density at radius 1 is 1.12 bits per heavy atom. The lowest BCUT2D eigenvalue weighted by molar-refractivity contribution is 0.102. The Morgan fingerprint density at radius 2 is 1.88 bits per heavy atom. The van der Waals surface area contributed by atoms with Gasteiger partial charge in [0.2, 0.25) is 10.0 Å². The van der Waals surface area contributed by atoms with Gasteiger partial charge in [-0.3, -0.25) is 9.10 Å². The predicted octanol–water partition coefficient (Wildman–Crippen LogP) is 3.60. The van der Waals surface area contributed by atoms with Crippen LogP contribution in [0.2, 0.25) is 0 Å². The molecule has 0 N–H and O–H groups in total. The van der Waals surface area contributed by atoms with E-state index in [1.165, 1.54) is 33.4 Å². The summed E-state index contributed by atoms with van der Waals surface area (Å²) >= 11 is 1.53. The summed E-state index contributed by atoms with van der Waals surface area (Å²) in [5.74, 6) is 0.431. The van der Waals surface area contributed by atoms with Crippen LogP contribution in [0.1, 0.15) is 27.0 Å². The topological polar surface area (TPSA) is 54.5 Å². The van der Waals surface area contributed by atoms with Gasteiger partial charge < -0.3 is 0 Å². The average molecular weight is 376 g/mol. The van der Waals surface area contributed by atoms with Crippen molar-refractivity contribution in [3.63, 3.8) is 0 Å². The van der Waals surface area contributed by atoms with Gasteiger partial charge in [0.1, 0.15) is 0 Å². The molecule has 0 saturated carbocycles. The van der Waals surface area contributed by atoms with Gasteiger partial charge in [0.15, 0.2) is 5.78 Å². The molecule has 0 amide bonds. The first-order chi connectivity index (χ1) is 11.8. The van der Waals surface area contributed by atoms with Crippen molar-refractivity contribution in [2.24, 2.45) is 0 Å². The highest BCUT2D eigenvalue weighted by Crippen LogP contribution is 2.31. The minimum absolute atomic E-state index is 0.0591. The van der Waals surface area contributed by atoms with Crippen LogP contribution in [0, 0.1) is 13.8 Å². The van der Waals surface area contributed by atoms with Crippen LogP contribution in [0.4, 0.5) is 5.69 Å². The van der Waals surface area contributed by atoms with E-state index in [1.54, 1.807) is 12.1 Å². The van der Waals surface area contributed by atoms with Crippen molar-refractivity contribution in [1.29, 1.82) is 0 Å². The van der Waals surface area contributed by atoms with E-state index >= 15 is 0 Å². The lowest BCUT2D eigenvalue weighted by Crippen LogP contribution is -2.27. The molecule has 1 aliphatic heterocycles. The van der Waals surface area contributed by atoms with Gasteiger partial charge in [-0.25, -0.2) is 8.42 Å². The zero-order chi connectivity index (χ0) is 18.2. The van der Waals surface area contributed by atoms with E-state index in [4.69, 9.17) is 0 Å². The van der Waals surface area contributed by atoms with Crippen LogP contribution in [0.3, 0.4) is 0 Å². The molecule has 3 rings (SSSR count). The van der Waals surface area contributed by atoms with Gasteiger partial charge in [0.25, 0.3) is 0 Å². The van der Waals surface area contributed by atoms with E-state index in [0.29, 0.717) is 30.0 Å². The maximum Gasteiger partial charge on any atom is 0.232 e. The number of hydrogen-bond acceptors (Lipinski definition) is 4. The Balaban J connectivity index is 1.72. The number of Topliss-reactive ketones (excluding diaryl/α,β-unsaturated/α-hetero) is 1. The first-order valence-electron chi connectivity index (χ1n) is 8.09. The minimum Gasteiger partial charge on any atom is -0.293 e. The van der Waals surface area contributed by atoms with Crippen molar-refractivity contribution in [3.05, 3.63) is 58.7 Å². The highest BCUT2D eigenvalue weighted by atomic mass is 32.2. The summed E-state index contributed by atoms with van der Waals surface area (Å²) in [5.41, 5.74) is 4.72. The third-order valence-corrected chi connectivity index (χ3v) is 6.68. The van der Waals surface area contributed by atoms with E-state index in [-0.39, 0.29) is 5.78 Å². The quantitative estimate of drug-likeness (QED) is 0.592. The molecule has 132 valence electrons. The molecule has 0 radical (unpaired) electrons.